The van der Waals surface area contributed by atoms with Crippen LogP contribution in [0.3, 0.4) is 0 Å². The lowest BCUT2D eigenvalue weighted by Gasteiger charge is -2.09. The molecule has 0 aromatic carbocycles. The maximum absolute atomic E-state index is 12.6. The SMILES string of the molecule is Nc1nc(NCCc2ccc(Br)s2)cc(C(F)(F)F)n1. The number of nitrogens with two attached hydrogens (primary N) is 1. The fourth-order valence-corrected chi connectivity index (χ4v) is 2.98. The summed E-state index contributed by atoms with van der Waals surface area (Å²) in [4.78, 5) is 8.02. The third-order valence-electron chi connectivity index (χ3n) is 2.34. The Hall–Kier alpha value is -1.35. The first-order valence-electron chi connectivity index (χ1n) is 5.54. The van der Waals surface area contributed by atoms with Crippen LogP contribution in [0.15, 0.2) is 22.0 Å². The first-order valence-corrected chi connectivity index (χ1v) is 7.15. The summed E-state index contributed by atoms with van der Waals surface area (Å²) in [6, 6.07) is 4.72. The Kier molecular flexibility index (Phi) is 4.48. The van der Waals surface area contributed by atoms with Gasteiger partial charge in [-0.3, -0.25) is 0 Å². The van der Waals surface area contributed by atoms with Crippen LogP contribution in [-0.4, -0.2) is 16.5 Å². The van der Waals surface area contributed by atoms with Crippen molar-refractivity contribution in [3.63, 3.8) is 0 Å². The van der Waals surface area contributed by atoms with Gasteiger partial charge in [-0.05, 0) is 34.5 Å². The third-order valence-corrected chi connectivity index (χ3v) is 4.02. The van der Waals surface area contributed by atoms with Crippen molar-refractivity contribution in [3.05, 3.63) is 32.6 Å². The van der Waals surface area contributed by atoms with Gasteiger partial charge >= 0.3 is 6.18 Å². The number of hydrogen-bond acceptors (Lipinski definition) is 5. The highest BCUT2D eigenvalue weighted by atomic mass is 79.9. The Morgan fingerprint density at radius 3 is 2.65 bits per heavy atom. The van der Waals surface area contributed by atoms with Crippen LogP contribution >= 0.6 is 27.3 Å². The lowest BCUT2D eigenvalue weighted by molar-refractivity contribution is -0.141. The molecule has 0 saturated carbocycles. The summed E-state index contributed by atoms with van der Waals surface area (Å²) >= 11 is 4.92. The number of aromatic nitrogens is 2. The molecular weight excluding hydrogens is 357 g/mol. The summed E-state index contributed by atoms with van der Waals surface area (Å²) in [5.74, 6) is -0.332. The summed E-state index contributed by atoms with van der Waals surface area (Å²) in [6.45, 7) is 0.459. The molecule has 4 nitrogen and oxygen atoms in total. The molecule has 0 radical (unpaired) electrons. The Bertz CT molecular complexity index is 600. The minimum Gasteiger partial charge on any atom is -0.370 e. The molecule has 0 aliphatic rings. The van der Waals surface area contributed by atoms with Crippen molar-refractivity contribution >= 4 is 39.0 Å². The van der Waals surface area contributed by atoms with Gasteiger partial charge in [0, 0.05) is 17.5 Å². The third kappa shape index (κ3) is 4.07. The number of hydrogen-bond donors (Lipinski definition) is 2. The molecule has 0 spiro atoms. The predicted octanol–water partition coefficient (Wildman–Crippen LogP) is 3.56. The second kappa shape index (κ2) is 5.96. The maximum Gasteiger partial charge on any atom is 0.433 e. The molecule has 0 unspecified atom stereocenters. The number of nitrogens with one attached hydrogen (secondary N) is 1. The molecule has 0 bridgehead atoms. The molecule has 2 rings (SSSR count). The number of anilines is 2. The van der Waals surface area contributed by atoms with Crippen molar-refractivity contribution in [1.82, 2.24) is 9.97 Å². The smallest absolute Gasteiger partial charge is 0.370 e. The van der Waals surface area contributed by atoms with Crippen molar-refractivity contribution in [1.29, 1.82) is 0 Å². The van der Waals surface area contributed by atoms with Gasteiger partial charge in [-0.1, -0.05) is 0 Å². The van der Waals surface area contributed by atoms with Crippen LogP contribution in [0.25, 0.3) is 0 Å². The van der Waals surface area contributed by atoms with Gasteiger partial charge in [0.05, 0.1) is 3.79 Å². The van der Waals surface area contributed by atoms with Crippen molar-refractivity contribution in [3.8, 4) is 0 Å². The van der Waals surface area contributed by atoms with Gasteiger partial charge in [0.2, 0.25) is 5.95 Å². The van der Waals surface area contributed by atoms with E-state index >= 15 is 0 Å². The minimum atomic E-state index is -4.54. The van der Waals surface area contributed by atoms with E-state index in [9.17, 15) is 13.2 Å². The Morgan fingerprint density at radius 1 is 1.30 bits per heavy atom. The molecule has 2 aromatic heterocycles. The molecule has 20 heavy (non-hydrogen) atoms. The second-order valence-electron chi connectivity index (χ2n) is 3.88. The minimum absolute atomic E-state index is 0.0699. The van der Waals surface area contributed by atoms with Crippen LogP contribution in [-0.2, 0) is 12.6 Å². The first-order chi connectivity index (χ1) is 9.34. The monoisotopic (exact) mass is 366 g/mol. The van der Waals surface area contributed by atoms with E-state index in [4.69, 9.17) is 5.73 Å². The van der Waals surface area contributed by atoms with Crippen molar-refractivity contribution < 1.29 is 13.2 Å². The molecule has 0 amide bonds. The number of thiophene rings is 1. The average Bonchev–Trinajstić information content (AvgIpc) is 2.73. The lowest BCUT2D eigenvalue weighted by Crippen LogP contribution is -2.13. The average molecular weight is 367 g/mol. The van der Waals surface area contributed by atoms with Crippen LogP contribution in [0.1, 0.15) is 10.6 Å². The van der Waals surface area contributed by atoms with Gasteiger partial charge in [0.15, 0.2) is 5.69 Å². The molecular formula is C11H10BrF3N4S. The number of nitrogen functional groups attached to an aromatic ring is 1. The summed E-state index contributed by atoms with van der Waals surface area (Å²) in [7, 11) is 0. The summed E-state index contributed by atoms with van der Waals surface area (Å²) in [6.07, 6.45) is -3.85. The Labute approximate surface area is 125 Å². The highest BCUT2D eigenvalue weighted by molar-refractivity contribution is 9.11. The summed E-state index contributed by atoms with van der Waals surface area (Å²) < 4.78 is 38.7. The predicted molar refractivity (Wildman–Crippen MR) is 75.7 cm³/mol. The van der Waals surface area contributed by atoms with E-state index in [1.165, 1.54) is 0 Å². The highest BCUT2D eigenvalue weighted by Gasteiger charge is 2.33. The molecule has 0 aliphatic heterocycles. The van der Waals surface area contributed by atoms with Crippen LogP contribution in [0.2, 0.25) is 0 Å². The fraction of sp³-hybridized carbons (Fsp3) is 0.273. The number of rotatable bonds is 4. The van der Waals surface area contributed by atoms with Gasteiger partial charge in [0.25, 0.3) is 0 Å². The molecule has 0 aliphatic carbocycles. The van der Waals surface area contributed by atoms with E-state index in [0.29, 0.717) is 13.0 Å². The van der Waals surface area contributed by atoms with E-state index in [0.717, 1.165) is 14.7 Å². The van der Waals surface area contributed by atoms with Gasteiger partial charge in [-0.2, -0.15) is 18.2 Å². The zero-order valence-corrected chi connectivity index (χ0v) is 12.4. The molecule has 0 fully saturated rings. The van der Waals surface area contributed by atoms with E-state index in [1.54, 1.807) is 11.3 Å². The van der Waals surface area contributed by atoms with E-state index in [1.807, 2.05) is 12.1 Å². The molecule has 9 heteroatoms. The van der Waals surface area contributed by atoms with Crippen LogP contribution in [0.5, 0.6) is 0 Å². The van der Waals surface area contributed by atoms with Crippen LogP contribution in [0, 0.1) is 0 Å². The van der Waals surface area contributed by atoms with Gasteiger partial charge in [-0.25, -0.2) is 4.98 Å². The van der Waals surface area contributed by atoms with Crippen molar-refractivity contribution in [2.24, 2.45) is 0 Å². The number of alkyl halides is 3. The van der Waals surface area contributed by atoms with E-state index in [2.05, 4.69) is 31.2 Å². The van der Waals surface area contributed by atoms with Gasteiger partial charge in [-0.15, -0.1) is 11.3 Å². The first kappa shape index (κ1) is 15.0. The normalized spacial score (nSPS) is 11.6. The summed E-state index contributed by atoms with van der Waals surface area (Å²) in [5, 5.41) is 2.82. The molecule has 3 N–H and O–H groups in total. The van der Waals surface area contributed by atoms with Crippen molar-refractivity contribution in [2.45, 2.75) is 12.6 Å². The van der Waals surface area contributed by atoms with Gasteiger partial charge < -0.3 is 11.1 Å². The van der Waals surface area contributed by atoms with Crippen LogP contribution in [0.4, 0.5) is 24.9 Å². The van der Waals surface area contributed by atoms with Gasteiger partial charge in [0.1, 0.15) is 5.82 Å². The topological polar surface area (TPSA) is 63.8 Å². The zero-order valence-electron chi connectivity index (χ0n) is 10.0. The molecule has 0 saturated heterocycles. The second-order valence-corrected chi connectivity index (χ2v) is 6.42. The molecule has 108 valence electrons. The summed E-state index contributed by atoms with van der Waals surface area (Å²) in [5.41, 5.74) is 4.23. The Balaban J connectivity index is 2.00. The van der Waals surface area contributed by atoms with Crippen molar-refractivity contribution in [2.75, 3.05) is 17.6 Å². The molecule has 2 heterocycles. The van der Waals surface area contributed by atoms with Crippen LogP contribution < -0.4 is 11.1 Å². The zero-order chi connectivity index (χ0) is 14.8. The van der Waals surface area contributed by atoms with E-state index < -0.39 is 17.8 Å². The molecule has 2 aromatic rings. The fourth-order valence-electron chi connectivity index (χ4n) is 1.50. The largest absolute Gasteiger partial charge is 0.433 e. The maximum atomic E-state index is 12.6. The highest BCUT2D eigenvalue weighted by Crippen LogP contribution is 2.29. The number of halogens is 4. The Morgan fingerprint density at radius 2 is 2.05 bits per heavy atom. The molecule has 0 atom stereocenters. The number of nitrogens with zero attached hydrogens (tertiary/aromatic N) is 2. The quantitative estimate of drug-likeness (QED) is 0.868. The van der Waals surface area contributed by atoms with E-state index in [-0.39, 0.29) is 5.82 Å². The lowest BCUT2D eigenvalue weighted by atomic mass is 10.3. The standard InChI is InChI=1S/C11H10BrF3N4S/c12-8-2-1-6(20-8)3-4-17-9-5-7(11(13,14)15)18-10(16)19-9/h1-2,5H,3-4H2,(H3,16,17,18,19).